The largest absolute Gasteiger partial charge is 0.481 e. The van der Waals surface area contributed by atoms with Gasteiger partial charge >= 0.3 is 18.1 Å². The second kappa shape index (κ2) is 6.68. The number of amides is 1. The highest BCUT2D eigenvalue weighted by atomic mass is 19.4. The zero-order chi connectivity index (χ0) is 17.0. The lowest BCUT2D eigenvalue weighted by Gasteiger charge is -2.18. The lowest BCUT2D eigenvalue weighted by Crippen LogP contribution is -2.45. The molecule has 0 saturated carbocycles. The molecule has 2 N–H and O–H groups in total. The van der Waals surface area contributed by atoms with Gasteiger partial charge in [0, 0.05) is 6.04 Å². The van der Waals surface area contributed by atoms with E-state index in [4.69, 9.17) is 5.11 Å². The van der Waals surface area contributed by atoms with Crippen molar-refractivity contribution in [3.63, 3.8) is 0 Å². The van der Waals surface area contributed by atoms with Crippen LogP contribution in [0.25, 0.3) is 10.8 Å². The first-order valence-electron chi connectivity index (χ1n) is 6.83. The van der Waals surface area contributed by atoms with E-state index in [0.29, 0.717) is 5.56 Å². The van der Waals surface area contributed by atoms with Gasteiger partial charge in [0.1, 0.15) is 0 Å². The molecule has 0 unspecified atom stereocenters. The van der Waals surface area contributed by atoms with Gasteiger partial charge in [0.2, 0.25) is 0 Å². The van der Waals surface area contributed by atoms with Crippen molar-refractivity contribution in [2.45, 2.75) is 25.1 Å². The summed E-state index contributed by atoms with van der Waals surface area (Å²) in [6.45, 7) is 0. The lowest BCUT2D eigenvalue weighted by molar-refractivity contribution is -0.174. The highest BCUT2D eigenvalue weighted by Gasteiger charge is 2.39. The number of hydrogen-bond acceptors (Lipinski definition) is 2. The van der Waals surface area contributed by atoms with Crippen LogP contribution in [0.1, 0.15) is 12.0 Å². The van der Waals surface area contributed by atoms with Gasteiger partial charge in [0.15, 0.2) is 0 Å². The van der Waals surface area contributed by atoms with E-state index in [-0.39, 0.29) is 6.42 Å². The molecular weight excluding hydrogens is 311 g/mol. The van der Waals surface area contributed by atoms with Gasteiger partial charge in [-0.2, -0.15) is 13.2 Å². The molecule has 1 amide bonds. The number of carboxylic acids is 1. The first kappa shape index (κ1) is 16.8. The van der Waals surface area contributed by atoms with Gasteiger partial charge < -0.3 is 10.4 Å². The summed E-state index contributed by atoms with van der Waals surface area (Å²) >= 11 is 0. The number of halogens is 3. The Morgan fingerprint density at radius 1 is 1.09 bits per heavy atom. The Morgan fingerprint density at radius 3 is 2.35 bits per heavy atom. The molecule has 122 valence electrons. The van der Waals surface area contributed by atoms with Crippen molar-refractivity contribution >= 4 is 22.6 Å². The van der Waals surface area contributed by atoms with Crippen LogP contribution in [0.15, 0.2) is 42.5 Å². The van der Waals surface area contributed by atoms with Crippen LogP contribution in [0, 0.1) is 0 Å². The van der Waals surface area contributed by atoms with Crippen LogP contribution in [0.4, 0.5) is 13.2 Å². The van der Waals surface area contributed by atoms with Crippen molar-refractivity contribution in [3.05, 3.63) is 48.0 Å². The van der Waals surface area contributed by atoms with Crippen LogP contribution in [0.3, 0.4) is 0 Å². The van der Waals surface area contributed by atoms with Gasteiger partial charge in [0.25, 0.3) is 0 Å². The summed E-state index contributed by atoms with van der Waals surface area (Å²) in [6.07, 6.45) is -5.63. The van der Waals surface area contributed by atoms with E-state index in [9.17, 15) is 22.8 Å². The van der Waals surface area contributed by atoms with E-state index in [2.05, 4.69) is 0 Å². The van der Waals surface area contributed by atoms with Crippen LogP contribution in [0.2, 0.25) is 0 Å². The first-order valence-corrected chi connectivity index (χ1v) is 6.83. The Labute approximate surface area is 129 Å². The van der Waals surface area contributed by atoms with Crippen molar-refractivity contribution < 1.29 is 27.9 Å². The van der Waals surface area contributed by atoms with E-state index in [0.717, 1.165) is 10.8 Å². The Kier molecular flexibility index (Phi) is 4.88. The minimum absolute atomic E-state index is 0.00104. The molecule has 0 aromatic heterocycles. The molecule has 0 aliphatic carbocycles. The van der Waals surface area contributed by atoms with Crippen molar-refractivity contribution in [1.82, 2.24) is 5.32 Å². The number of carbonyl (C=O) groups is 2. The molecule has 0 aliphatic heterocycles. The molecule has 0 aliphatic rings. The summed E-state index contributed by atoms with van der Waals surface area (Å²) < 4.78 is 37.0. The summed E-state index contributed by atoms with van der Waals surface area (Å²) in [4.78, 5) is 21.8. The molecular formula is C16H14F3NO3. The molecule has 0 spiro atoms. The molecule has 2 aromatic rings. The summed E-state index contributed by atoms with van der Waals surface area (Å²) in [5.41, 5.74) is 0.650. The van der Waals surface area contributed by atoms with Crippen molar-refractivity contribution in [2.24, 2.45) is 0 Å². The smallest absolute Gasteiger partial charge is 0.471 e. The summed E-state index contributed by atoms with van der Waals surface area (Å²) in [6, 6.07) is 11.6. The molecule has 7 heteroatoms. The zero-order valence-corrected chi connectivity index (χ0v) is 11.9. The van der Waals surface area contributed by atoms with E-state index < -0.39 is 30.5 Å². The number of benzene rings is 2. The number of carboxylic acid groups (broad SMARTS) is 1. The van der Waals surface area contributed by atoms with Crippen LogP contribution in [0.5, 0.6) is 0 Å². The van der Waals surface area contributed by atoms with Gasteiger partial charge in [0.05, 0.1) is 6.42 Å². The molecule has 1 atom stereocenters. The van der Waals surface area contributed by atoms with Crippen LogP contribution in [-0.2, 0) is 16.0 Å². The highest BCUT2D eigenvalue weighted by molar-refractivity contribution is 5.84. The van der Waals surface area contributed by atoms with Gasteiger partial charge in [-0.15, -0.1) is 0 Å². The van der Waals surface area contributed by atoms with Gasteiger partial charge in [-0.25, -0.2) is 0 Å². The Bertz CT molecular complexity index is 728. The van der Waals surface area contributed by atoms with E-state index in [1.54, 1.807) is 23.5 Å². The van der Waals surface area contributed by atoms with Crippen molar-refractivity contribution in [2.75, 3.05) is 0 Å². The van der Waals surface area contributed by atoms with Crippen LogP contribution < -0.4 is 5.32 Å². The molecule has 0 heterocycles. The Balaban J connectivity index is 2.18. The fourth-order valence-electron chi connectivity index (χ4n) is 2.30. The standard InChI is InChI=1S/C16H14F3NO3/c17-16(18,19)15(23)20-13(9-14(21)22)8-10-5-6-11-3-1-2-4-12(11)7-10/h1-7,13H,8-9H2,(H,20,23)(H,21,22)/t13-/m0/s1. The van der Waals surface area contributed by atoms with Crippen LogP contribution in [-0.4, -0.2) is 29.2 Å². The molecule has 0 saturated heterocycles. The molecule has 2 rings (SSSR count). The SMILES string of the molecule is O=C(O)C[C@H](Cc1ccc2ccccc2c1)NC(=O)C(F)(F)F. The van der Waals surface area contributed by atoms with Gasteiger partial charge in [-0.3, -0.25) is 9.59 Å². The maximum Gasteiger partial charge on any atom is 0.471 e. The predicted octanol–water partition coefficient (Wildman–Crippen LogP) is 2.90. The maximum atomic E-state index is 12.3. The third-order valence-corrected chi connectivity index (χ3v) is 3.31. The fraction of sp³-hybridized carbons (Fsp3) is 0.250. The normalized spacial score (nSPS) is 12.8. The molecule has 4 nitrogen and oxygen atoms in total. The average molecular weight is 325 g/mol. The number of aliphatic carboxylic acids is 1. The summed E-state index contributed by atoms with van der Waals surface area (Å²) in [5, 5.41) is 12.4. The number of rotatable bonds is 5. The number of fused-ring (bicyclic) bond motifs is 1. The third kappa shape index (κ3) is 4.70. The minimum atomic E-state index is -5.04. The average Bonchev–Trinajstić information content (AvgIpc) is 2.45. The number of carbonyl (C=O) groups excluding carboxylic acids is 1. The maximum absolute atomic E-state index is 12.3. The summed E-state index contributed by atoms with van der Waals surface area (Å²) in [5.74, 6) is -3.41. The molecule has 2 aromatic carbocycles. The predicted molar refractivity (Wildman–Crippen MR) is 77.9 cm³/mol. The second-order valence-corrected chi connectivity index (χ2v) is 5.15. The zero-order valence-electron chi connectivity index (χ0n) is 11.9. The molecule has 0 fully saturated rings. The quantitative estimate of drug-likeness (QED) is 0.888. The fourth-order valence-corrected chi connectivity index (χ4v) is 2.30. The number of alkyl halides is 3. The molecule has 0 bridgehead atoms. The molecule has 0 radical (unpaired) electrons. The summed E-state index contributed by atoms with van der Waals surface area (Å²) in [7, 11) is 0. The highest BCUT2D eigenvalue weighted by Crippen LogP contribution is 2.19. The van der Waals surface area contributed by atoms with Crippen molar-refractivity contribution in [3.8, 4) is 0 Å². The number of hydrogen-bond donors (Lipinski definition) is 2. The third-order valence-electron chi connectivity index (χ3n) is 3.31. The minimum Gasteiger partial charge on any atom is -0.481 e. The van der Waals surface area contributed by atoms with Gasteiger partial charge in [-0.1, -0.05) is 42.5 Å². The van der Waals surface area contributed by atoms with E-state index >= 15 is 0 Å². The van der Waals surface area contributed by atoms with Gasteiger partial charge in [-0.05, 0) is 22.8 Å². The Morgan fingerprint density at radius 2 is 1.74 bits per heavy atom. The van der Waals surface area contributed by atoms with Crippen molar-refractivity contribution in [1.29, 1.82) is 0 Å². The monoisotopic (exact) mass is 325 g/mol. The molecule has 23 heavy (non-hydrogen) atoms. The van der Waals surface area contributed by atoms with Crippen LogP contribution >= 0.6 is 0 Å². The Hall–Kier alpha value is -2.57. The van der Waals surface area contributed by atoms with E-state index in [1.807, 2.05) is 24.3 Å². The second-order valence-electron chi connectivity index (χ2n) is 5.15. The number of nitrogens with one attached hydrogen (secondary N) is 1. The first-order chi connectivity index (χ1) is 10.8. The van der Waals surface area contributed by atoms with E-state index in [1.165, 1.54) is 0 Å². The lowest BCUT2D eigenvalue weighted by atomic mass is 10.00. The topological polar surface area (TPSA) is 66.4 Å².